The summed E-state index contributed by atoms with van der Waals surface area (Å²) in [4.78, 5) is 14.1. The highest BCUT2D eigenvalue weighted by molar-refractivity contribution is 7.14. The van der Waals surface area contributed by atoms with Crippen LogP contribution < -0.4 is 11.1 Å². The first kappa shape index (κ1) is 15.4. The molecule has 6 heteroatoms. The van der Waals surface area contributed by atoms with Crippen LogP contribution in [0.5, 0.6) is 0 Å². The molecule has 3 N–H and O–H groups in total. The van der Waals surface area contributed by atoms with Crippen molar-refractivity contribution in [3.8, 4) is 0 Å². The number of amides is 1. The summed E-state index contributed by atoms with van der Waals surface area (Å²) in [6.45, 7) is 0.639. The van der Waals surface area contributed by atoms with E-state index in [1.54, 1.807) is 12.1 Å². The van der Waals surface area contributed by atoms with Crippen LogP contribution in [0, 0.1) is 0 Å². The Hall–Kier alpha value is -3.12. The lowest BCUT2D eigenvalue weighted by Crippen LogP contribution is -2.11. The predicted octanol–water partition coefficient (Wildman–Crippen LogP) is 3.98. The topological polar surface area (TPSA) is 72.9 Å². The molecule has 0 spiro atoms. The lowest BCUT2D eigenvalue weighted by Gasteiger charge is -2.06. The predicted molar refractivity (Wildman–Crippen MR) is 102 cm³/mol. The third-order valence-corrected chi connectivity index (χ3v) is 4.94. The van der Waals surface area contributed by atoms with Crippen LogP contribution in [0.1, 0.15) is 14.5 Å². The lowest BCUT2D eigenvalue weighted by molar-refractivity contribution is 0.103. The molecule has 0 radical (unpaired) electrons. The Labute approximate surface area is 148 Å². The van der Waals surface area contributed by atoms with Crippen molar-refractivity contribution < 1.29 is 4.79 Å². The number of aromatic nitrogens is 2. The molecule has 4 aromatic rings. The van der Waals surface area contributed by atoms with E-state index < -0.39 is 0 Å². The number of nitrogens with one attached hydrogen (secondary N) is 1. The van der Waals surface area contributed by atoms with Crippen molar-refractivity contribution in [1.82, 2.24) is 9.78 Å². The van der Waals surface area contributed by atoms with Gasteiger partial charge in [0.2, 0.25) is 0 Å². The van der Waals surface area contributed by atoms with E-state index in [1.807, 2.05) is 59.4 Å². The van der Waals surface area contributed by atoms with Crippen molar-refractivity contribution >= 4 is 39.5 Å². The maximum Gasteiger partial charge on any atom is 0.265 e. The summed E-state index contributed by atoms with van der Waals surface area (Å²) in [5.41, 5.74) is 8.01. The summed E-state index contributed by atoms with van der Waals surface area (Å²) < 4.78 is 1.90. The number of hydrogen-bond acceptors (Lipinski definition) is 4. The molecule has 5 nitrogen and oxygen atoms in total. The molecular formula is C19H16N4OS. The van der Waals surface area contributed by atoms with Crippen LogP contribution in [-0.2, 0) is 6.54 Å². The molecule has 0 aliphatic heterocycles. The monoisotopic (exact) mass is 348 g/mol. The van der Waals surface area contributed by atoms with Gasteiger partial charge in [-0.05, 0) is 30.3 Å². The fourth-order valence-electron chi connectivity index (χ4n) is 2.64. The highest BCUT2D eigenvalue weighted by atomic mass is 32.1. The van der Waals surface area contributed by atoms with Crippen molar-refractivity contribution in [2.75, 3.05) is 11.1 Å². The molecule has 0 unspecified atom stereocenters. The van der Waals surface area contributed by atoms with Crippen LogP contribution in [0.4, 0.5) is 11.4 Å². The Morgan fingerprint density at radius 2 is 1.88 bits per heavy atom. The minimum absolute atomic E-state index is 0.153. The second-order valence-corrected chi connectivity index (χ2v) is 6.86. The molecule has 0 aliphatic rings. The summed E-state index contributed by atoms with van der Waals surface area (Å²) in [6, 6.07) is 19.0. The number of thiophene rings is 1. The molecule has 4 rings (SSSR count). The molecular weight excluding hydrogens is 332 g/mol. The zero-order valence-corrected chi connectivity index (χ0v) is 14.2. The highest BCUT2D eigenvalue weighted by Gasteiger charge is 2.11. The third-order valence-electron chi connectivity index (χ3n) is 3.87. The SMILES string of the molecule is Nc1ccccc1NC(=O)c1ccc(Cn2cc3ccccc3n2)s1. The smallest absolute Gasteiger partial charge is 0.265 e. The van der Waals surface area contributed by atoms with Crippen LogP contribution in [0.3, 0.4) is 0 Å². The Kier molecular flexibility index (Phi) is 3.95. The zero-order chi connectivity index (χ0) is 17.2. The van der Waals surface area contributed by atoms with Crippen LogP contribution in [-0.4, -0.2) is 15.7 Å². The number of nitrogens with zero attached hydrogens (tertiary/aromatic N) is 2. The molecule has 0 aliphatic carbocycles. The van der Waals surface area contributed by atoms with Crippen molar-refractivity contribution in [3.05, 3.63) is 76.6 Å². The fraction of sp³-hybridized carbons (Fsp3) is 0.0526. The van der Waals surface area contributed by atoms with Crippen LogP contribution >= 0.6 is 11.3 Å². The van der Waals surface area contributed by atoms with Gasteiger partial charge in [-0.3, -0.25) is 9.48 Å². The average molecular weight is 348 g/mol. The zero-order valence-electron chi connectivity index (χ0n) is 13.3. The van der Waals surface area contributed by atoms with Gasteiger partial charge in [0.25, 0.3) is 5.91 Å². The number of nitrogen functional groups attached to an aromatic ring is 1. The molecule has 1 amide bonds. The number of anilines is 2. The number of rotatable bonds is 4. The number of benzene rings is 2. The Bertz CT molecular complexity index is 1020. The molecule has 25 heavy (non-hydrogen) atoms. The summed E-state index contributed by atoms with van der Waals surface area (Å²) in [6.07, 6.45) is 2.01. The van der Waals surface area contributed by atoms with E-state index in [4.69, 9.17) is 5.73 Å². The third kappa shape index (κ3) is 3.25. The van der Waals surface area contributed by atoms with Gasteiger partial charge in [-0.15, -0.1) is 11.3 Å². The molecule has 0 bridgehead atoms. The standard InChI is InChI=1S/C19H16N4OS/c20-15-6-2-4-8-17(15)21-19(24)18-10-9-14(25-18)12-23-11-13-5-1-3-7-16(13)22-23/h1-11H,12,20H2,(H,21,24). The molecule has 0 saturated heterocycles. The largest absolute Gasteiger partial charge is 0.397 e. The minimum atomic E-state index is -0.153. The van der Waals surface area contributed by atoms with Gasteiger partial charge >= 0.3 is 0 Å². The normalized spacial score (nSPS) is 10.9. The Morgan fingerprint density at radius 1 is 1.08 bits per heavy atom. The van der Waals surface area contributed by atoms with Gasteiger partial charge in [-0.1, -0.05) is 30.3 Å². The Morgan fingerprint density at radius 3 is 2.72 bits per heavy atom. The van der Waals surface area contributed by atoms with Gasteiger partial charge in [0.1, 0.15) is 0 Å². The van der Waals surface area contributed by atoms with E-state index in [9.17, 15) is 4.79 Å². The van der Waals surface area contributed by atoms with Gasteiger partial charge < -0.3 is 11.1 Å². The summed E-state index contributed by atoms with van der Waals surface area (Å²) >= 11 is 1.46. The number of fused-ring (bicyclic) bond motifs is 1. The second-order valence-electron chi connectivity index (χ2n) is 5.69. The van der Waals surface area contributed by atoms with Crippen molar-refractivity contribution in [1.29, 1.82) is 0 Å². The minimum Gasteiger partial charge on any atom is -0.397 e. The van der Waals surface area contributed by atoms with E-state index in [0.29, 0.717) is 22.8 Å². The maximum absolute atomic E-state index is 12.4. The Balaban J connectivity index is 1.49. The first-order valence-corrected chi connectivity index (χ1v) is 8.67. The van der Waals surface area contributed by atoms with E-state index in [0.717, 1.165) is 15.8 Å². The number of para-hydroxylation sites is 2. The number of carbonyl (C=O) groups is 1. The maximum atomic E-state index is 12.4. The van der Waals surface area contributed by atoms with Crippen LogP contribution in [0.15, 0.2) is 66.9 Å². The summed E-state index contributed by atoms with van der Waals surface area (Å²) in [5.74, 6) is -0.153. The number of nitrogens with two attached hydrogens (primary N) is 1. The van der Waals surface area contributed by atoms with E-state index in [2.05, 4.69) is 10.4 Å². The van der Waals surface area contributed by atoms with Gasteiger partial charge in [-0.2, -0.15) is 5.10 Å². The summed E-state index contributed by atoms with van der Waals surface area (Å²) in [7, 11) is 0. The van der Waals surface area contributed by atoms with Gasteiger partial charge in [0.05, 0.1) is 28.3 Å². The number of carbonyl (C=O) groups excluding carboxylic acids is 1. The van der Waals surface area contributed by atoms with Crippen molar-refractivity contribution in [2.24, 2.45) is 0 Å². The fourth-order valence-corrected chi connectivity index (χ4v) is 3.53. The molecule has 0 atom stereocenters. The van der Waals surface area contributed by atoms with Crippen LogP contribution in [0.25, 0.3) is 10.9 Å². The molecule has 2 heterocycles. The van der Waals surface area contributed by atoms with Crippen molar-refractivity contribution in [2.45, 2.75) is 6.54 Å². The molecule has 2 aromatic carbocycles. The van der Waals surface area contributed by atoms with Gasteiger partial charge in [0.15, 0.2) is 0 Å². The summed E-state index contributed by atoms with van der Waals surface area (Å²) in [5, 5.41) is 8.50. The quantitative estimate of drug-likeness (QED) is 0.548. The lowest BCUT2D eigenvalue weighted by atomic mass is 10.2. The second kappa shape index (κ2) is 6.41. The first-order chi connectivity index (χ1) is 12.2. The van der Waals surface area contributed by atoms with Crippen LogP contribution in [0.2, 0.25) is 0 Å². The van der Waals surface area contributed by atoms with E-state index in [-0.39, 0.29) is 5.91 Å². The molecule has 124 valence electrons. The first-order valence-electron chi connectivity index (χ1n) is 7.86. The van der Waals surface area contributed by atoms with Gasteiger partial charge in [0, 0.05) is 16.5 Å². The molecule has 0 saturated carbocycles. The van der Waals surface area contributed by atoms with Gasteiger partial charge in [-0.25, -0.2) is 0 Å². The van der Waals surface area contributed by atoms with E-state index in [1.165, 1.54) is 11.3 Å². The average Bonchev–Trinajstić information content (AvgIpc) is 3.23. The molecule has 0 fully saturated rings. The van der Waals surface area contributed by atoms with Crippen molar-refractivity contribution in [3.63, 3.8) is 0 Å². The number of hydrogen-bond donors (Lipinski definition) is 2. The highest BCUT2D eigenvalue weighted by Crippen LogP contribution is 2.22. The molecule has 2 aromatic heterocycles. The van der Waals surface area contributed by atoms with E-state index >= 15 is 0 Å².